The second kappa shape index (κ2) is 11.0. The number of rotatable bonds is 4. The average molecular weight is 629 g/mol. The average Bonchev–Trinajstić information content (AvgIpc) is 3.54. The zero-order valence-electron chi connectivity index (χ0n) is 31.2. The number of aromatic nitrogens is 3. The van der Waals surface area contributed by atoms with Crippen LogP contribution in [-0.2, 0) is 0 Å². The highest BCUT2D eigenvalue weighted by molar-refractivity contribution is 6.23. The van der Waals surface area contributed by atoms with E-state index in [1.165, 1.54) is 0 Å². The van der Waals surface area contributed by atoms with E-state index in [4.69, 9.17) is 16.8 Å². The van der Waals surface area contributed by atoms with Gasteiger partial charge in [-0.2, -0.15) is 0 Å². The summed E-state index contributed by atoms with van der Waals surface area (Å²) in [5, 5.41) is 7.48. The Bertz CT molecular complexity index is 3130. The molecule has 0 saturated heterocycles. The highest BCUT2D eigenvalue weighted by Gasteiger charge is 2.20. The number of nitrogens with zero attached hydrogens (tertiary/aromatic N) is 3. The molecule has 49 heavy (non-hydrogen) atoms. The largest absolute Gasteiger partial charge is 0.278 e. The fraction of sp³-hybridized carbons (Fsp3) is 0. The van der Waals surface area contributed by atoms with Crippen LogP contribution in [0.1, 0.15) is 6.85 Å². The van der Waals surface area contributed by atoms with E-state index in [0.717, 1.165) is 71.1 Å². The molecule has 228 valence electrons. The minimum Gasteiger partial charge on any atom is -0.278 e. The van der Waals surface area contributed by atoms with Crippen molar-refractivity contribution in [1.82, 2.24) is 14.5 Å². The Balaban J connectivity index is 1.29. The van der Waals surface area contributed by atoms with E-state index in [1.54, 1.807) is 6.07 Å². The van der Waals surface area contributed by atoms with E-state index in [1.807, 2.05) is 36.4 Å². The SMILES string of the molecule is [2H]c1c([2H])c([2H])c(-c2ccc3c(-c4ccc(-c5ccccc5)cc4)nc(-n4c5cc6ccccc6cc5c5c6ccccc6ccc54)nc3c2)c([2H])c1[2H]. The van der Waals surface area contributed by atoms with Crippen LogP contribution in [0, 0.1) is 0 Å². The summed E-state index contributed by atoms with van der Waals surface area (Å²) in [5.74, 6) is 0.466. The summed E-state index contributed by atoms with van der Waals surface area (Å²) in [6.07, 6.45) is 0. The van der Waals surface area contributed by atoms with Gasteiger partial charge >= 0.3 is 0 Å². The molecular formula is C46H29N3. The van der Waals surface area contributed by atoms with Crippen molar-refractivity contribution < 1.29 is 6.85 Å². The fourth-order valence-electron chi connectivity index (χ4n) is 7.13. The van der Waals surface area contributed by atoms with E-state index in [0.29, 0.717) is 17.0 Å². The maximum atomic E-state index is 8.71. The molecule has 0 radical (unpaired) electrons. The van der Waals surface area contributed by atoms with Crippen LogP contribution in [0.4, 0.5) is 0 Å². The Hall–Kier alpha value is -6.58. The maximum absolute atomic E-state index is 8.71. The maximum Gasteiger partial charge on any atom is 0.235 e. The molecule has 0 fully saturated rings. The minimum atomic E-state index is -0.424. The van der Waals surface area contributed by atoms with Gasteiger partial charge in [-0.05, 0) is 74.1 Å². The first-order chi connectivity index (χ1) is 26.4. The molecule has 10 aromatic rings. The van der Waals surface area contributed by atoms with E-state index in [9.17, 15) is 0 Å². The van der Waals surface area contributed by atoms with Gasteiger partial charge in [0.15, 0.2) is 0 Å². The van der Waals surface area contributed by atoms with Crippen LogP contribution in [0.2, 0.25) is 0 Å². The third-order valence-corrected chi connectivity index (χ3v) is 9.46. The van der Waals surface area contributed by atoms with Crippen molar-refractivity contribution in [2.45, 2.75) is 0 Å². The number of benzene rings is 8. The van der Waals surface area contributed by atoms with Crippen LogP contribution >= 0.6 is 0 Å². The Labute approximate surface area is 290 Å². The molecule has 0 unspecified atom stereocenters. The summed E-state index contributed by atoms with van der Waals surface area (Å²) >= 11 is 0. The molecule has 2 aromatic heterocycles. The zero-order chi connectivity index (χ0) is 36.7. The first-order valence-corrected chi connectivity index (χ1v) is 16.3. The van der Waals surface area contributed by atoms with Crippen molar-refractivity contribution in [2.24, 2.45) is 0 Å². The molecule has 0 aliphatic heterocycles. The smallest absolute Gasteiger partial charge is 0.235 e. The molecule has 10 rings (SSSR count). The molecule has 0 bridgehead atoms. The van der Waals surface area contributed by atoms with Crippen molar-refractivity contribution in [3.8, 4) is 39.5 Å². The molecule has 3 heteroatoms. The molecule has 0 aliphatic rings. The Kier molecular flexibility index (Phi) is 5.13. The third-order valence-electron chi connectivity index (χ3n) is 9.46. The van der Waals surface area contributed by atoms with Crippen LogP contribution in [0.5, 0.6) is 0 Å². The van der Waals surface area contributed by atoms with Crippen molar-refractivity contribution in [1.29, 1.82) is 0 Å². The minimum absolute atomic E-state index is 0.131. The normalized spacial score (nSPS) is 13.1. The van der Waals surface area contributed by atoms with E-state index in [2.05, 4.69) is 108 Å². The molecule has 0 atom stereocenters. The Morgan fingerprint density at radius 2 is 1.10 bits per heavy atom. The molecule has 8 aromatic carbocycles. The van der Waals surface area contributed by atoms with Gasteiger partial charge in [0.05, 0.1) is 29.1 Å². The Morgan fingerprint density at radius 1 is 0.429 bits per heavy atom. The van der Waals surface area contributed by atoms with Crippen LogP contribution < -0.4 is 0 Å². The summed E-state index contributed by atoms with van der Waals surface area (Å²) in [5.41, 5.74) is 6.95. The first-order valence-electron chi connectivity index (χ1n) is 18.8. The van der Waals surface area contributed by atoms with Crippen molar-refractivity contribution in [3.63, 3.8) is 0 Å². The van der Waals surface area contributed by atoms with Gasteiger partial charge in [-0.15, -0.1) is 0 Å². The number of hydrogen-bond donors (Lipinski definition) is 0. The quantitative estimate of drug-likeness (QED) is 0.194. The predicted octanol–water partition coefficient (Wildman–Crippen LogP) is 12.0. The second-order valence-corrected chi connectivity index (χ2v) is 12.3. The second-order valence-electron chi connectivity index (χ2n) is 12.3. The van der Waals surface area contributed by atoms with Gasteiger partial charge in [-0.3, -0.25) is 4.57 Å². The Morgan fingerprint density at radius 3 is 1.92 bits per heavy atom. The number of fused-ring (bicyclic) bond motifs is 7. The zero-order valence-corrected chi connectivity index (χ0v) is 26.2. The van der Waals surface area contributed by atoms with Gasteiger partial charge in [-0.25, -0.2) is 9.97 Å². The van der Waals surface area contributed by atoms with Crippen molar-refractivity contribution in [2.75, 3.05) is 0 Å². The molecule has 2 heterocycles. The lowest BCUT2D eigenvalue weighted by molar-refractivity contribution is 1.01. The molecule has 0 N–H and O–H groups in total. The van der Waals surface area contributed by atoms with Crippen molar-refractivity contribution >= 4 is 54.3 Å². The summed E-state index contributed by atoms with van der Waals surface area (Å²) in [4.78, 5) is 10.6. The van der Waals surface area contributed by atoms with Gasteiger partial charge in [0.25, 0.3) is 0 Å². The van der Waals surface area contributed by atoms with Crippen LogP contribution in [0.25, 0.3) is 93.7 Å². The summed E-state index contributed by atoms with van der Waals surface area (Å²) < 4.78 is 44.4. The lowest BCUT2D eigenvalue weighted by Gasteiger charge is -2.13. The first kappa shape index (κ1) is 22.9. The summed E-state index contributed by atoms with van der Waals surface area (Å²) in [6.45, 7) is 0. The van der Waals surface area contributed by atoms with Gasteiger partial charge in [0.2, 0.25) is 5.95 Å². The predicted molar refractivity (Wildman–Crippen MR) is 205 cm³/mol. The highest BCUT2D eigenvalue weighted by atomic mass is 15.2. The van der Waals surface area contributed by atoms with E-state index in [-0.39, 0.29) is 29.7 Å². The van der Waals surface area contributed by atoms with Crippen LogP contribution in [0.3, 0.4) is 0 Å². The third kappa shape index (κ3) is 4.51. The highest BCUT2D eigenvalue weighted by Crippen LogP contribution is 2.39. The molecule has 0 amide bonds. The van der Waals surface area contributed by atoms with E-state index < -0.39 is 6.04 Å². The lowest BCUT2D eigenvalue weighted by Crippen LogP contribution is -2.03. The fourth-order valence-corrected chi connectivity index (χ4v) is 7.13. The monoisotopic (exact) mass is 628 g/mol. The van der Waals surface area contributed by atoms with E-state index >= 15 is 0 Å². The topological polar surface area (TPSA) is 30.7 Å². The summed E-state index contributed by atoms with van der Waals surface area (Å²) in [6, 6.07) is 47.8. The van der Waals surface area contributed by atoms with Gasteiger partial charge in [0.1, 0.15) is 0 Å². The van der Waals surface area contributed by atoms with Crippen LogP contribution in [0.15, 0.2) is 176 Å². The van der Waals surface area contributed by atoms with Crippen LogP contribution in [-0.4, -0.2) is 14.5 Å². The number of hydrogen-bond acceptors (Lipinski definition) is 2. The molecular weight excluding hydrogens is 595 g/mol. The molecule has 0 aliphatic carbocycles. The summed E-state index contributed by atoms with van der Waals surface area (Å²) in [7, 11) is 0. The molecule has 3 nitrogen and oxygen atoms in total. The molecule has 0 spiro atoms. The lowest BCUT2D eigenvalue weighted by atomic mass is 9.99. The van der Waals surface area contributed by atoms with Gasteiger partial charge in [-0.1, -0.05) is 145 Å². The van der Waals surface area contributed by atoms with Gasteiger partial charge in [0, 0.05) is 21.7 Å². The van der Waals surface area contributed by atoms with Crippen molar-refractivity contribution in [3.05, 3.63) is 176 Å². The van der Waals surface area contributed by atoms with Gasteiger partial charge < -0.3 is 0 Å². The standard InChI is InChI=1S/C46H29N3/c1-3-11-30(12-4-1)32-19-21-34(22-20-32)45-39-25-23-37(31-13-5-2-6-14-31)28-41(39)47-46(48-45)49-42-26-24-33-15-9-10-18-38(33)44(42)40-27-35-16-7-8-17-36(35)29-43(40)49/h1-29H/i2D,5D,6D,13D,14D. The molecule has 0 saturated carbocycles.